The largest absolute Gasteiger partial charge is 0.444 e. The zero-order valence-electron chi connectivity index (χ0n) is 24.0. The maximum atomic E-state index is 14.1. The number of amides is 3. The molecule has 0 spiro atoms. The van der Waals surface area contributed by atoms with E-state index in [0.29, 0.717) is 6.42 Å². The summed E-state index contributed by atoms with van der Waals surface area (Å²) in [6, 6.07) is 9.60. The Kier molecular flexibility index (Phi) is 9.90. The monoisotopic (exact) mass is 509 g/mol. The number of para-hydroxylation sites is 1. The van der Waals surface area contributed by atoms with Crippen LogP contribution in [0.4, 0.5) is 10.5 Å². The highest BCUT2D eigenvalue weighted by atomic mass is 16.6. The molecule has 0 radical (unpaired) electrons. The molecule has 3 amide bonds. The third kappa shape index (κ3) is 7.57. The number of benzene rings is 2. The van der Waals surface area contributed by atoms with Crippen LogP contribution in [-0.2, 0) is 14.3 Å². The zero-order chi connectivity index (χ0) is 28.1. The van der Waals surface area contributed by atoms with Gasteiger partial charge in [0.1, 0.15) is 17.7 Å². The van der Waals surface area contributed by atoms with Gasteiger partial charge in [0.2, 0.25) is 5.91 Å². The number of nitrogens with one attached hydrogen (secondary N) is 2. The van der Waals surface area contributed by atoms with Crippen LogP contribution in [0.25, 0.3) is 0 Å². The number of hydrogen-bond donors (Lipinski definition) is 2. The maximum Gasteiger partial charge on any atom is 0.408 e. The molecule has 0 aliphatic rings. The molecule has 202 valence electrons. The van der Waals surface area contributed by atoms with Crippen molar-refractivity contribution in [2.24, 2.45) is 0 Å². The molecule has 2 aromatic rings. The van der Waals surface area contributed by atoms with E-state index in [0.717, 1.165) is 33.5 Å². The number of anilines is 1. The average Bonchev–Trinajstić information content (AvgIpc) is 2.78. The second-order valence-electron chi connectivity index (χ2n) is 10.8. The molecule has 0 aliphatic heterocycles. The summed E-state index contributed by atoms with van der Waals surface area (Å²) in [5.41, 5.74) is 4.52. The number of aryl methyl sites for hydroxylation is 4. The summed E-state index contributed by atoms with van der Waals surface area (Å²) in [5, 5.41) is 5.77. The Labute approximate surface area is 222 Å². The highest BCUT2D eigenvalue weighted by Crippen LogP contribution is 2.32. The summed E-state index contributed by atoms with van der Waals surface area (Å²) in [4.78, 5) is 42.1. The number of alkyl carbamates (subject to hydrolysis) is 1. The number of nitrogens with zero attached hydrogens (tertiary/aromatic N) is 1. The summed E-state index contributed by atoms with van der Waals surface area (Å²) < 4.78 is 5.36. The predicted octanol–water partition coefficient (Wildman–Crippen LogP) is 6.14. The normalized spacial score (nSPS) is 13.8. The minimum absolute atomic E-state index is 0.275. The van der Waals surface area contributed by atoms with Gasteiger partial charge in [-0.15, -0.1) is 0 Å². The van der Waals surface area contributed by atoms with Crippen LogP contribution in [0.1, 0.15) is 81.8 Å². The zero-order valence-corrected chi connectivity index (χ0v) is 24.0. The van der Waals surface area contributed by atoms with Gasteiger partial charge in [-0.25, -0.2) is 4.79 Å². The van der Waals surface area contributed by atoms with Crippen molar-refractivity contribution in [1.29, 1.82) is 0 Å². The van der Waals surface area contributed by atoms with E-state index < -0.39 is 23.8 Å². The molecule has 7 heteroatoms. The van der Waals surface area contributed by atoms with Crippen molar-refractivity contribution in [1.82, 2.24) is 10.2 Å². The summed E-state index contributed by atoms with van der Waals surface area (Å²) in [7, 11) is 0. The van der Waals surface area contributed by atoms with Crippen molar-refractivity contribution < 1.29 is 19.1 Å². The molecule has 3 atom stereocenters. The van der Waals surface area contributed by atoms with Crippen molar-refractivity contribution in [2.75, 3.05) is 5.32 Å². The van der Waals surface area contributed by atoms with Crippen molar-refractivity contribution in [2.45, 2.75) is 99.4 Å². The van der Waals surface area contributed by atoms with Crippen LogP contribution in [0.5, 0.6) is 0 Å². The summed E-state index contributed by atoms with van der Waals surface area (Å²) in [5.74, 6) is -0.655. The lowest BCUT2D eigenvalue weighted by Gasteiger charge is -2.38. The lowest BCUT2D eigenvalue weighted by atomic mass is 9.92. The van der Waals surface area contributed by atoms with E-state index in [-0.39, 0.29) is 17.9 Å². The summed E-state index contributed by atoms with van der Waals surface area (Å²) >= 11 is 0. The fraction of sp³-hybridized carbons (Fsp3) is 0.500. The molecule has 0 aliphatic carbocycles. The molecular weight excluding hydrogens is 466 g/mol. The molecular formula is C30H43N3O4. The van der Waals surface area contributed by atoms with Gasteiger partial charge in [0.15, 0.2) is 0 Å². The van der Waals surface area contributed by atoms with Crippen LogP contribution in [-0.4, -0.2) is 40.5 Å². The molecule has 0 heterocycles. The Morgan fingerprint density at radius 3 is 1.84 bits per heavy atom. The molecule has 0 aromatic heterocycles. The quantitative estimate of drug-likeness (QED) is 0.447. The van der Waals surface area contributed by atoms with Crippen LogP contribution in [0.2, 0.25) is 0 Å². The van der Waals surface area contributed by atoms with Crippen LogP contribution < -0.4 is 10.6 Å². The second kappa shape index (κ2) is 12.3. The predicted molar refractivity (Wildman–Crippen MR) is 149 cm³/mol. The highest BCUT2D eigenvalue weighted by molar-refractivity contribution is 6.00. The lowest BCUT2D eigenvalue weighted by molar-refractivity contribution is -0.143. The fourth-order valence-electron chi connectivity index (χ4n) is 4.42. The minimum atomic E-state index is -0.899. The fourth-order valence-corrected chi connectivity index (χ4v) is 4.42. The SMILES string of the molecule is CCC(C)N(C(=O)C(C)NC(=O)OC(C)(C)C)C(C(=O)Nc1c(C)cccc1C)c1c(C)cccc1C. The number of hydrogen-bond acceptors (Lipinski definition) is 4. The molecule has 0 fully saturated rings. The Morgan fingerprint density at radius 2 is 1.38 bits per heavy atom. The number of ether oxygens (including phenoxy) is 1. The van der Waals surface area contributed by atoms with E-state index in [2.05, 4.69) is 10.6 Å². The smallest absolute Gasteiger partial charge is 0.408 e. The molecule has 2 aromatic carbocycles. The molecule has 2 rings (SSSR count). The van der Waals surface area contributed by atoms with E-state index in [1.54, 1.807) is 32.6 Å². The third-order valence-electron chi connectivity index (χ3n) is 6.50. The van der Waals surface area contributed by atoms with Gasteiger partial charge in [-0.1, -0.05) is 43.3 Å². The molecule has 3 unspecified atom stereocenters. The van der Waals surface area contributed by atoms with Crippen molar-refractivity contribution in [3.63, 3.8) is 0 Å². The Morgan fingerprint density at radius 1 is 0.892 bits per heavy atom. The molecule has 0 saturated carbocycles. The summed E-state index contributed by atoms with van der Waals surface area (Å²) in [6.45, 7) is 18.6. The van der Waals surface area contributed by atoms with Gasteiger partial charge >= 0.3 is 6.09 Å². The minimum Gasteiger partial charge on any atom is -0.444 e. The third-order valence-corrected chi connectivity index (χ3v) is 6.50. The number of carbonyl (C=O) groups is 3. The molecule has 37 heavy (non-hydrogen) atoms. The molecule has 2 N–H and O–H groups in total. The topological polar surface area (TPSA) is 87.7 Å². The molecule has 7 nitrogen and oxygen atoms in total. The van der Waals surface area contributed by atoms with E-state index in [1.165, 1.54) is 0 Å². The van der Waals surface area contributed by atoms with Crippen molar-refractivity contribution >= 4 is 23.6 Å². The van der Waals surface area contributed by atoms with E-state index in [4.69, 9.17) is 4.74 Å². The van der Waals surface area contributed by atoms with Gasteiger partial charge in [0.25, 0.3) is 5.91 Å². The van der Waals surface area contributed by atoms with Crippen LogP contribution in [0.15, 0.2) is 36.4 Å². The van der Waals surface area contributed by atoms with Gasteiger partial charge in [-0.3, -0.25) is 9.59 Å². The van der Waals surface area contributed by atoms with Gasteiger partial charge < -0.3 is 20.3 Å². The lowest BCUT2D eigenvalue weighted by Crippen LogP contribution is -2.54. The maximum absolute atomic E-state index is 14.1. The first kappa shape index (κ1) is 29.9. The van der Waals surface area contributed by atoms with Gasteiger partial charge in [0.05, 0.1) is 0 Å². The Hall–Kier alpha value is -3.35. The van der Waals surface area contributed by atoms with Crippen LogP contribution >= 0.6 is 0 Å². The molecule has 0 bridgehead atoms. The Bertz CT molecular complexity index is 1100. The first-order chi connectivity index (χ1) is 17.2. The van der Waals surface area contributed by atoms with Crippen LogP contribution in [0, 0.1) is 27.7 Å². The van der Waals surface area contributed by atoms with E-state index in [9.17, 15) is 14.4 Å². The van der Waals surface area contributed by atoms with Gasteiger partial charge in [0, 0.05) is 11.7 Å². The van der Waals surface area contributed by atoms with Gasteiger partial charge in [-0.05, 0) is 96.6 Å². The number of carbonyl (C=O) groups excluding carboxylic acids is 3. The highest BCUT2D eigenvalue weighted by Gasteiger charge is 2.38. The first-order valence-corrected chi connectivity index (χ1v) is 12.9. The van der Waals surface area contributed by atoms with Gasteiger partial charge in [-0.2, -0.15) is 0 Å². The average molecular weight is 510 g/mol. The molecule has 0 saturated heterocycles. The van der Waals surface area contributed by atoms with E-state index >= 15 is 0 Å². The van der Waals surface area contributed by atoms with E-state index in [1.807, 2.05) is 77.9 Å². The first-order valence-electron chi connectivity index (χ1n) is 12.9. The van der Waals surface area contributed by atoms with Crippen molar-refractivity contribution in [3.05, 3.63) is 64.2 Å². The standard InChI is InChI=1S/C30H43N3O4/c1-11-22(6)33(28(35)23(7)31-29(36)37-30(8,9)10)26(24-18(2)14-12-15-19(24)3)27(34)32-25-20(4)16-13-17-21(25)5/h12-17,22-23,26H,11H2,1-10H3,(H,31,36)(H,32,34). The van der Waals surface area contributed by atoms with Crippen molar-refractivity contribution in [3.8, 4) is 0 Å². The Balaban J connectivity index is 2.59. The summed E-state index contributed by atoms with van der Waals surface area (Å²) in [6.07, 6.45) is -0.0516. The second-order valence-corrected chi connectivity index (χ2v) is 10.8. The van der Waals surface area contributed by atoms with Crippen LogP contribution in [0.3, 0.4) is 0 Å². The number of rotatable bonds is 8.